The first-order valence-electron chi connectivity index (χ1n) is 11.6. The van der Waals surface area contributed by atoms with Gasteiger partial charge < -0.3 is 15.8 Å². The van der Waals surface area contributed by atoms with E-state index in [-0.39, 0.29) is 47.0 Å². The minimum Gasteiger partial charge on any atom is -0.470 e. The number of hydrogen-bond donors (Lipinski definition) is 2. The lowest BCUT2D eigenvalue weighted by Crippen LogP contribution is -2.59. The van der Waals surface area contributed by atoms with Crippen LogP contribution in [0.4, 0.5) is 4.79 Å². The summed E-state index contributed by atoms with van der Waals surface area (Å²) in [6.45, 7) is 0. The number of ether oxygens (including phenoxy) is 1. The Balaban J connectivity index is 1.18. The zero-order chi connectivity index (χ0) is 23.0. The molecule has 3 aliphatic rings. The van der Waals surface area contributed by atoms with Crippen molar-refractivity contribution < 1.29 is 19.1 Å². The summed E-state index contributed by atoms with van der Waals surface area (Å²) in [7, 11) is 0. The fourth-order valence-corrected chi connectivity index (χ4v) is 5.33. The van der Waals surface area contributed by atoms with E-state index in [0.717, 1.165) is 19.3 Å². The molecule has 3 fully saturated rings. The minimum atomic E-state index is -0.571. The molecule has 3 N–H and O–H groups in total. The number of carbonyl (C=O) groups excluding carboxylic acids is 3. The molecule has 172 valence electrons. The minimum absolute atomic E-state index is 0.100. The maximum atomic E-state index is 12.9. The molecular weight excluding hydrogens is 420 g/mol. The Hall–Kier alpha value is -3.42. The zero-order valence-electron chi connectivity index (χ0n) is 18.4. The van der Waals surface area contributed by atoms with Crippen molar-refractivity contribution in [1.29, 1.82) is 0 Å². The van der Waals surface area contributed by atoms with Crippen molar-refractivity contribution >= 4 is 17.8 Å². The molecule has 1 aromatic heterocycles. The average molecular weight is 449 g/mol. The Morgan fingerprint density at radius 2 is 2.03 bits per heavy atom. The predicted molar refractivity (Wildman–Crippen MR) is 120 cm³/mol. The van der Waals surface area contributed by atoms with Gasteiger partial charge in [0.1, 0.15) is 11.2 Å². The second-order valence-corrected chi connectivity index (χ2v) is 9.36. The van der Waals surface area contributed by atoms with Gasteiger partial charge in [-0.05, 0) is 56.2 Å². The molecule has 4 atom stereocenters. The van der Waals surface area contributed by atoms with Gasteiger partial charge >= 0.3 is 6.03 Å². The van der Waals surface area contributed by atoms with Crippen LogP contribution in [0.15, 0.2) is 48.7 Å². The monoisotopic (exact) mass is 448 g/mol. The average Bonchev–Trinajstić information content (AvgIpc) is 3.51. The first-order valence-corrected chi connectivity index (χ1v) is 11.6. The Morgan fingerprint density at radius 3 is 2.76 bits per heavy atom. The number of primary amides is 1. The van der Waals surface area contributed by atoms with E-state index in [0.29, 0.717) is 25.7 Å². The van der Waals surface area contributed by atoms with Crippen LogP contribution in [0, 0.1) is 5.92 Å². The molecule has 2 aliphatic carbocycles. The lowest BCUT2D eigenvalue weighted by molar-refractivity contribution is -0.133. The maximum Gasteiger partial charge on any atom is 0.324 e. The van der Waals surface area contributed by atoms with E-state index in [2.05, 4.69) is 22.4 Å². The number of nitrogens with one attached hydrogen (secondary N) is 1. The standard InChI is InChI=1S/C25H28N4O4/c26-22(31)20-7-4-12-27-23(20)33-25-11-10-19(13-17(25)15-25)29-21(30)14-18(28-24(29)32)9-8-16-5-2-1-3-6-16/h1-7,12,17-19H,8-11,13-15H2,(H2,26,31)(H,28,32)/t17?,18-,19-,25+/m0/s1. The van der Waals surface area contributed by atoms with Crippen molar-refractivity contribution in [2.75, 3.05) is 0 Å². The highest BCUT2D eigenvalue weighted by Crippen LogP contribution is 2.57. The SMILES string of the molecule is NC(=O)c1cccnc1O[C@@]12CC[C@H](N3C(=O)C[C@H](CCc4ccccc4)NC3=O)CC1C2. The van der Waals surface area contributed by atoms with Crippen LogP contribution >= 0.6 is 0 Å². The van der Waals surface area contributed by atoms with Gasteiger partial charge in [-0.15, -0.1) is 0 Å². The fourth-order valence-electron chi connectivity index (χ4n) is 5.33. The molecule has 5 rings (SSSR count). The third kappa shape index (κ3) is 4.29. The van der Waals surface area contributed by atoms with Crippen molar-refractivity contribution in [3.05, 3.63) is 59.8 Å². The molecule has 1 aliphatic heterocycles. The van der Waals surface area contributed by atoms with Crippen LogP contribution in [0.2, 0.25) is 0 Å². The molecule has 8 heteroatoms. The first-order chi connectivity index (χ1) is 15.9. The summed E-state index contributed by atoms with van der Waals surface area (Å²) in [4.78, 5) is 43.0. The summed E-state index contributed by atoms with van der Waals surface area (Å²) < 4.78 is 6.17. The number of benzene rings is 1. The lowest BCUT2D eigenvalue weighted by atomic mass is 9.90. The van der Waals surface area contributed by atoms with E-state index in [9.17, 15) is 14.4 Å². The molecule has 33 heavy (non-hydrogen) atoms. The molecule has 2 heterocycles. The molecule has 0 radical (unpaired) electrons. The van der Waals surface area contributed by atoms with E-state index in [4.69, 9.17) is 10.5 Å². The van der Waals surface area contributed by atoms with Gasteiger partial charge in [-0.1, -0.05) is 30.3 Å². The molecule has 8 nitrogen and oxygen atoms in total. The Bertz CT molecular complexity index is 1060. The van der Waals surface area contributed by atoms with Gasteiger partial charge in [0.05, 0.1) is 0 Å². The van der Waals surface area contributed by atoms with Gasteiger partial charge in [-0.2, -0.15) is 0 Å². The largest absolute Gasteiger partial charge is 0.470 e. The second kappa shape index (κ2) is 8.50. The van der Waals surface area contributed by atoms with E-state index in [1.165, 1.54) is 10.5 Å². The second-order valence-electron chi connectivity index (χ2n) is 9.36. The van der Waals surface area contributed by atoms with Crippen molar-refractivity contribution in [2.24, 2.45) is 11.7 Å². The number of amides is 4. The number of urea groups is 1. The molecule has 4 amide bonds. The molecule has 2 saturated carbocycles. The number of pyridine rings is 1. The highest BCUT2D eigenvalue weighted by molar-refractivity contribution is 5.97. The van der Waals surface area contributed by atoms with Crippen LogP contribution < -0.4 is 15.8 Å². The number of rotatable bonds is 7. The van der Waals surface area contributed by atoms with E-state index < -0.39 is 5.91 Å². The number of aryl methyl sites for hydroxylation is 1. The topological polar surface area (TPSA) is 115 Å². The van der Waals surface area contributed by atoms with Gasteiger partial charge in [0.2, 0.25) is 11.8 Å². The maximum absolute atomic E-state index is 12.9. The Labute approximate surface area is 192 Å². The number of carbonyl (C=O) groups is 3. The van der Waals surface area contributed by atoms with Gasteiger partial charge in [0.15, 0.2) is 0 Å². The first kappa shape index (κ1) is 21.4. The fraction of sp³-hybridized carbons (Fsp3) is 0.440. The van der Waals surface area contributed by atoms with Crippen LogP contribution in [-0.2, 0) is 11.2 Å². The number of nitrogens with zero attached hydrogens (tertiary/aromatic N) is 2. The van der Waals surface area contributed by atoms with Crippen LogP contribution in [-0.4, -0.2) is 45.4 Å². The number of hydrogen-bond acceptors (Lipinski definition) is 5. The summed E-state index contributed by atoms with van der Waals surface area (Å²) in [5.41, 5.74) is 6.53. The molecular formula is C25H28N4O4. The summed E-state index contributed by atoms with van der Waals surface area (Å²) in [6, 6.07) is 12.8. The van der Waals surface area contributed by atoms with E-state index >= 15 is 0 Å². The summed E-state index contributed by atoms with van der Waals surface area (Å²) in [5.74, 6) is -0.191. The summed E-state index contributed by atoms with van der Waals surface area (Å²) in [6.07, 6.45) is 6.36. The smallest absolute Gasteiger partial charge is 0.324 e. The van der Waals surface area contributed by atoms with Gasteiger partial charge in [-0.25, -0.2) is 9.78 Å². The number of nitrogens with two attached hydrogens (primary N) is 1. The third-order valence-corrected chi connectivity index (χ3v) is 7.20. The van der Waals surface area contributed by atoms with Crippen LogP contribution in [0.25, 0.3) is 0 Å². The molecule has 1 saturated heterocycles. The Morgan fingerprint density at radius 1 is 1.21 bits per heavy atom. The van der Waals surface area contributed by atoms with Gasteiger partial charge in [0, 0.05) is 30.6 Å². The number of aromatic nitrogens is 1. The summed E-state index contributed by atoms with van der Waals surface area (Å²) in [5, 5.41) is 3.04. The quantitative estimate of drug-likeness (QED) is 0.676. The highest BCUT2D eigenvalue weighted by atomic mass is 16.5. The highest BCUT2D eigenvalue weighted by Gasteiger charge is 2.61. The lowest BCUT2D eigenvalue weighted by Gasteiger charge is -2.39. The predicted octanol–water partition coefficient (Wildman–Crippen LogP) is 2.81. The molecule has 0 bridgehead atoms. The molecule has 0 spiro atoms. The molecule has 1 aromatic carbocycles. The normalized spacial score (nSPS) is 28.6. The van der Waals surface area contributed by atoms with E-state index in [1.807, 2.05) is 18.2 Å². The van der Waals surface area contributed by atoms with E-state index in [1.54, 1.807) is 18.3 Å². The van der Waals surface area contributed by atoms with Crippen molar-refractivity contribution in [3.8, 4) is 5.88 Å². The van der Waals surface area contributed by atoms with Gasteiger partial charge in [-0.3, -0.25) is 14.5 Å². The van der Waals surface area contributed by atoms with Crippen LogP contribution in [0.1, 0.15) is 54.4 Å². The van der Waals surface area contributed by atoms with Crippen molar-refractivity contribution in [3.63, 3.8) is 0 Å². The van der Waals surface area contributed by atoms with Crippen molar-refractivity contribution in [1.82, 2.24) is 15.2 Å². The Kier molecular flexibility index (Phi) is 5.52. The molecule has 1 unspecified atom stereocenters. The number of fused-ring (bicyclic) bond motifs is 1. The molecule has 2 aromatic rings. The number of imide groups is 1. The van der Waals surface area contributed by atoms with Crippen molar-refractivity contribution in [2.45, 2.75) is 62.6 Å². The zero-order valence-corrected chi connectivity index (χ0v) is 18.4. The van der Waals surface area contributed by atoms with Crippen LogP contribution in [0.5, 0.6) is 5.88 Å². The van der Waals surface area contributed by atoms with Gasteiger partial charge in [0.25, 0.3) is 5.91 Å². The summed E-state index contributed by atoms with van der Waals surface area (Å²) >= 11 is 0. The van der Waals surface area contributed by atoms with Crippen LogP contribution in [0.3, 0.4) is 0 Å². The third-order valence-electron chi connectivity index (χ3n) is 7.20.